The minimum atomic E-state index is -1.54. The fourth-order valence-corrected chi connectivity index (χ4v) is 3.39. The highest BCUT2D eigenvalue weighted by atomic mass is 19.1. The number of halogens is 2. The maximum absolute atomic E-state index is 14.7. The normalized spacial score (nSPS) is 18.5. The number of nitrogens with zero attached hydrogens (tertiary/aromatic N) is 3. The number of pyridine rings is 1. The first-order valence-corrected chi connectivity index (χ1v) is 8.86. The number of hydrogen-bond acceptors (Lipinski definition) is 5. The summed E-state index contributed by atoms with van der Waals surface area (Å²) >= 11 is 0. The highest BCUT2D eigenvalue weighted by Crippen LogP contribution is 2.39. The number of anilines is 1. The molecule has 1 aliphatic heterocycles. The number of hydrogen-bond donors (Lipinski definition) is 1. The van der Waals surface area contributed by atoms with Gasteiger partial charge in [0.25, 0.3) is 5.69 Å². The molecule has 152 valence electrons. The predicted octanol–water partition coefficient (Wildman–Crippen LogP) is 2.94. The van der Waals surface area contributed by atoms with Gasteiger partial charge in [-0.2, -0.15) is 0 Å². The Labute approximate surface area is 164 Å². The molecule has 0 aliphatic carbocycles. The van der Waals surface area contributed by atoms with E-state index in [1.54, 1.807) is 18.2 Å². The number of benzene rings is 1. The minimum Gasteiger partial charge on any atom is -0.333 e. The predicted molar refractivity (Wildman–Crippen MR) is 99.3 cm³/mol. The largest absolute Gasteiger partial charge is 0.333 e. The van der Waals surface area contributed by atoms with Crippen LogP contribution in [0, 0.1) is 15.9 Å². The molecule has 0 spiro atoms. The molecule has 2 heterocycles. The number of aromatic nitrogens is 1. The fourth-order valence-electron chi connectivity index (χ4n) is 3.39. The second-order valence-corrected chi connectivity index (χ2v) is 6.66. The Balaban J connectivity index is 1.91. The molecular formula is C19H18F2N4O4. The molecule has 8 nitrogen and oxygen atoms in total. The molecule has 1 aliphatic rings. The summed E-state index contributed by atoms with van der Waals surface area (Å²) in [7, 11) is 0. The molecule has 3 rings (SSSR count). The average Bonchev–Trinajstić information content (AvgIpc) is 3.04. The van der Waals surface area contributed by atoms with Crippen LogP contribution in [-0.2, 0) is 16.0 Å². The standard InChI is InChI=1S/C19H18F2N4O4/c1-11(26)24-7-5-14(20)19(24)13-9-17(25(28)29)16(10-15(13)21)23-18(27)8-12-4-2-3-6-22-12/h2-4,6,9-10,14,19H,5,7-8H2,1H3,(H,23,27). The van der Waals surface area contributed by atoms with Crippen molar-refractivity contribution in [3.63, 3.8) is 0 Å². The lowest BCUT2D eigenvalue weighted by atomic mass is 10.0. The summed E-state index contributed by atoms with van der Waals surface area (Å²) in [6.07, 6.45) is -0.193. The van der Waals surface area contributed by atoms with Gasteiger partial charge in [0.2, 0.25) is 11.8 Å². The molecule has 0 radical (unpaired) electrons. The van der Waals surface area contributed by atoms with Gasteiger partial charge >= 0.3 is 0 Å². The van der Waals surface area contributed by atoms with Crippen molar-refractivity contribution in [3.8, 4) is 0 Å². The number of carbonyl (C=O) groups excluding carboxylic acids is 2. The molecule has 29 heavy (non-hydrogen) atoms. The van der Waals surface area contributed by atoms with Crippen molar-refractivity contribution >= 4 is 23.2 Å². The third kappa shape index (κ3) is 4.36. The number of nitrogens with one attached hydrogen (secondary N) is 1. The number of nitro benzene ring substituents is 1. The van der Waals surface area contributed by atoms with Crippen LogP contribution < -0.4 is 5.32 Å². The first kappa shape index (κ1) is 20.3. The molecular weight excluding hydrogens is 386 g/mol. The summed E-state index contributed by atoms with van der Waals surface area (Å²) in [5.74, 6) is -2.01. The van der Waals surface area contributed by atoms with E-state index in [4.69, 9.17) is 0 Å². The summed E-state index contributed by atoms with van der Waals surface area (Å²) in [5.41, 5.74) is -0.786. The number of likely N-dealkylation sites (tertiary alicyclic amines) is 1. The van der Waals surface area contributed by atoms with E-state index in [0.29, 0.717) is 5.69 Å². The minimum absolute atomic E-state index is 0.0139. The maximum Gasteiger partial charge on any atom is 0.293 e. The van der Waals surface area contributed by atoms with Gasteiger partial charge in [-0.05, 0) is 18.6 Å². The van der Waals surface area contributed by atoms with Gasteiger partial charge in [-0.15, -0.1) is 0 Å². The van der Waals surface area contributed by atoms with E-state index in [-0.39, 0.29) is 30.6 Å². The summed E-state index contributed by atoms with van der Waals surface area (Å²) in [4.78, 5) is 39.7. The van der Waals surface area contributed by atoms with Crippen LogP contribution in [0.4, 0.5) is 20.2 Å². The topological polar surface area (TPSA) is 105 Å². The van der Waals surface area contributed by atoms with Gasteiger partial charge in [0.15, 0.2) is 0 Å². The monoisotopic (exact) mass is 404 g/mol. The number of carbonyl (C=O) groups is 2. The van der Waals surface area contributed by atoms with E-state index < -0.39 is 40.5 Å². The van der Waals surface area contributed by atoms with E-state index in [9.17, 15) is 28.5 Å². The first-order chi connectivity index (χ1) is 13.8. The Kier molecular flexibility index (Phi) is 5.81. The smallest absolute Gasteiger partial charge is 0.293 e. The van der Waals surface area contributed by atoms with Gasteiger partial charge in [0.05, 0.1) is 17.4 Å². The zero-order chi connectivity index (χ0) is 21.1. The van der Waals surface area contributed by atoms with Crippen LogP contribution in [0.15, 0.2) is 36.5 Å². The van der Waals surface area contributed by atoms with Gasteiger partial charge in [0.1, 0.15) is 17.7 Å². The van der Waals surface area contributed by atoms with Crippen LogP contribution in [0.2, 0.25) is 0 Å². The number of nitro groups is 1. The summed E-state index contributed by atoms with van der Waals surface area (Å²) in [6, 6.07) is 5.38. The first-order valence-electron chi connectivity index (χ1n) is 8.86. The number of amides is 2. The molecule has 2 atom stereocenters. The Morgan fingerprint density at radius 2 is 2.14 bits per heavy atom. The van der Waals surface area contributed by atoms with Gasteiger partial charge < -0.3 is 10.2 Å². The van der Waals surface area contributed by atoms with E-state index in [2.05, 4.69) is 10.3 Å². The van der Waals surface area contributed by atoms with Crippen LogP contribution in [-0.4, -0.2) is 39.3 Å². The number of alkyl halides is 1. The van der Waals surface area contributed by atoms with Crippen molar-refractivity contribution in [2.24, 2.45) is 0 Å². The molecule has 1 aromatic heterocycles. The quantitative estimate of drug-likeness (QED) is 0.609. The lowest BCUT2D eigenvalue weighted by Crippen LogP contribution is -2.31. The van der Waals surface area contributed by atoms with Crippen LogP contribution in [0.3, 0.4) is 0 Å². The third-order valence-corrected chi connectivity index (χ3v) is 4.70. The van der Waals surface area contributed by atoms with Gasteiger partial charge in [0, 0.05) is 43.1 Å². The highest BCUT2D eigenvalue weighted by molar-refractivity contribution is 5.94. The van der Waals surface area contributed by atoms with E-state index in [1.807, 2.05) is 0 Å². The summed E-state index contributed by atoms with van der Waals surface area (Å²) in [6.45, 7) is 1.32. The molecule has 1 aromatic carbocycles. The van der Waals surface area contributed by atoms with Crippen molar-refractivity contribution in [3.05, 3.63) is 63.7 Å². The SMILES string of the molecule is CC(=O)N1CCC(F)C1c1cc([N+](=O)[O-])c(NC(=O)Cc2ccccn2)cc1F. The van der Waals surface area contributed by atoms with Crippen molar-refractivity contribution in [1.82, 2.24) is 9.88 Å². The Morgan fingerprint density at radius 3 is 2.76 bits per heavy atom. The highest BCUT2D eigenvalue weighted by Gasteiger charge is 2.39. The zero-order valence-corrected chi connectivity index (χ0v) is 15.5. The molecule has 2 amide bonds. The molecule has 2 aromatic rings. The summed E-state index contributed by atoms with van der Waals surface area (Å²) < 4.78 is 29.1. The molecule has 10 heteroatoms. The van der Waals surface area contributed by atoms with E-state index in [1.165, 1.54) is 13.1 Å². The zero-order valence-electron chi connectivity index (χ0n) is 15.5. The van der Waals surface area contributed by atoms with E-state index >= 15 is 0 Å². The second kappa shape index (κ2) is 8.29. The molecule has 2 unspecified atom stereocenters. The third-order valence-electron chi connectivity index (χ3n) is 4.70. The van der Waals surface area contributed by atoms with Crippen molar-refractivity contribution in [1.29, 1.82) is 0 Å². The van der Waals surface area contributed by atoms with Crippen LogP contribution in [0.5, 0.6) is 0 Å². The Hall–Kier alpha value is -3.43. The number of rotatable bonds is 5. The van der Waals surface area contributed by atoms with E-state index in [0.717, 1.165) is 17.0 Å². The summed E-state index contributed by atoms with van der Waals surface area (Å²) in [5, 5.41) is 13.8. The average molecular weight is 404 g/mol. The molecule has 1 saturated heterocycles. The Bertz CT molecular complexity index is 955. The molecule has 1 N–H and O–H groups in total. The van der Waals surface area contributed by atoms with Gasteiger partial charge in [-0.25, -0.2) is 8.78 Å². The molecule has 0 bridgehead atoms. The molecule has 0 saturated carbocycles. The van der Waals surface area contributed by atoms with Crippen molar-refractivity contribution < 1.29 is 23.3 Å². The van der Waals surface area contributed by atoms with Crippen LogP contribution >= 0.6 is 0 Å². The van der Waals surface area contributed by atoms with Crippen LogP contribution in [0.1, 0.15) is 30.6 Å². The van der Waals surface area contributed by atoms with Crippen molar-refractivity contribution in [2.75, 3.05) is 11.9 Å². The van der Waals surface area contributed by atoms with Gasteiger partial charge in [-0.1, -0.05) is 6.07 Å². The fraction of sp³-hybridized carbons (Fsp3) is 0.316. The lowest BCUT2D eigenvalue weighted by Gasteiger charge is -2.25. The molecule has 1 fully saturated rings. The van der Waals surface area contributed by atoms with Crippen molar-refractivity contribution in [2.45, 2.75) is 32.0 Å². The van der Waals surface area contributed by atoms with Gasteiger partial charge in [-0.3, -0.25) is 24.7 Å². The van der Waals surface area contributed by atoms with Crippen LogP contribution in [0.25, 0.3) is 0 Å². The second-order valence-electron chi connectivity index (χ2n) is 6.66. The maximum atomic E-state index is 14.7. The lowest BCUT2D eigenvalue weighted by molar-refractivity contribution is -0.384. The Morgan fingerprint density at radius 1 is 1.38 bits per heavy atom.